The first kappa shape index (κ1) is 17.6. The van der Waals surface area contributed by atoms with Gasteiger partial charge in [-0.3, -0.25) is 14.9 Å². The van der Waals surface area contributed by atoms with E-state index in [0.29, 0.717) is 20.5 Å². The van der Waals surface area contributed by atoms with E-state index in [9.17, 15) is 20.2 Å². The van der Waals surface area contributed by atoms with Crippen molar-refractivity contribution in [1.29, 1.82) is 5.26 Å². The lowest BCUT2D eigenvalue weighted by Crippen LogP contribution is -2.17. The molecule has 7 nitrogen and oxygen atoms in total. The quantitative estimate of drug-likeness (QED) is 0.371. The van der Waals surface area contributed by atoms with E-state index in [-0.39, 0.29) is 22.9 Å². The normalized spacial score (nSPS) is 14.8. The monoisotopic (exact) mass is 383 g/mol. The van der Waals surface area contributed by atoms with E-state index in [1.165, 1.54) is 23.9 Å². The number of amides is 1. The van der Waals surface area contributed by atoms with Gasteiger partial charge in [-0.15, -0.1) is 0 Å². The number of carbonyl (C=O) groups is 1. The molecule has 0 aromatic heterocycles. The molecule has 128 valence electrons. The Morgan fingerprint density at radius 3 is 2.77 bits per heavy atom. The van der Waals surface area contributed by atoms with E-state index >= 15 is 0 Å². The maximum Gasteiger partial charge on any atom is 0.271 e. The number of nitrogens with zero attached hydrogens (tertiary/aromatic N) is 2. The minimum Gasteiger partial charge on any atom is -0.456 e. The smallest absolute Gasteiger partial charge is 0.271 e. The number of rotatable bonds is 4. The highest BCUT2D eigenvalue weighted by Gasteiger charge is 2.22. The highest BCUT2D eigenvalue weighted by molar-refractivity contribution is 8.26. The topological polar surface area (TPSA) is 105 Å². The maximum atomic E-state index is 11.7. The molecule has 1 aliphatic heterocycles. The number of nitro groups is 1. The molecule has 0 unspecified atom stereocenters. The third-order valence-corrected chi connectivity index (χ3v) is 4.48. The Kier molecular flexibility index (Phi) is 4.97. The summed E-state index contributed by atoms with van der Waals surface area (Å²) in [7, 11) is 0. The van der Waals surface area contributed by atoms with Crippen molar-refractivity contribution < 1.29 is 14.5 Å². The van der Waals surface area contributed by atoms with E-state index in [2.05, 4.69) is 5.32 Å². The van der Waals surface area contributed by atoms with Crippen molar-refractivity contribution in [2.75, 3.05) is 0 Å². The number of carbonyl (C=O) groups excluding carboxylic acids is 1. The number of hydrogen-bond donors (Lipinski definition) is 1. The molecule has 1 heterocycles. The molecule has 0 saturated carbocycles. The molecule has 0 aliphatic carbocycles. The van der Waals surface area contributed by atoms with Gasteiger partial charge >= 0.3 is 0 Å². The second-order valence-corrected chi connectivity index (χ2v) is 6.80. The third kappa shape index (κ3) is 3.88. The fourth-order valence-electron chi connectivity index (χ4n) is 2.18. The predicted molar refractivity (Wildman–Crippen MR) is 101 cm³/mol. The van der Waals surface area contributed by atoms with E-state index in [1.807, 2.05) is 6.07 Å². The van der Waals surface area contributed by atoms with Crippen molar-refractivity contribution >= 4 is 46.0 Å². The standard InChI is InChI=1S/C17H9N3O4S2/c18-9-11-8-12(20(22)23)4-5-14(11)24-13-3-1-2-10(6-13)7-15-16(21)19-17(25)26-15/h1-8H,(H,19,21,25)/b15-7-. The minimum atomic E-state index is -0.577. The average Bonchev–Trinajstić information content (AvgIpc) is 2.92. The second-order valence-electron chi connectivity index (χ2n) is 5.08. The van der Waals surface area contributed by atoms with Gasteiger partial charge in [0, 0.05) is 12.1 Å². The van der Waals surface area contributed by atoms with E-state index in [1.54, 1.807) is 30.3 Å². The fourth-order valence-corrected chi connectivity index (χ4v) is 3.22. The first-order valence-corrected chi connectivity index (χ1v) is 8.40. The Bertz CT molecular complexity index is 1010. The number of nitrogens with one attached hydrogen (secondary N) is 1. The van der Waals surface area contributed by atoms with Crippen LogP contribution in [0.15, 0.2) is 47.4 Å². The summed E-state index contributed by atoms with van der Waals surface area (Å²) in [5, 5.41) is 22.5. The van der Waals surface area contributed by atoms with Crippen molar-refractivity contribution in [3.63, 3.8) is 0 Å². The number of nitro benzene ring substituents is 1. The lowest BCUT2D eigenvalue weighted by Gasteiger charge is -2.08. The van der Waals surface area contributed by atoms with Gasteiger partial charge in [-0.1, -0.05) is 36.1 Å². The fraction of sp³-hybridized carbons (Fsp3) is 0. The first-order chi connectivity index (χ1) is 12.5. The number of benzene rings is 2. The summed E-state index contributed by atoms with van der Waals surface area (Å²) in [6.07, 6.45) is 1.67. The van der Waals surface area contributed by atoms with Crippen LogP contribution in [0.3, 0.4) is 0 Å². The first-order valence-electron chi connectivity index (χ1n) is 7.17. The minimum absolute atomic E-state index is 0.0547. The van der Waals surface area contributed by atoms with E-state index in [0.717, 1.165) is 6.07 Å². The van der Waals surface area contributed by atoms with Crippen LogP contribution in [-0.2, 0) is 4.79 Å². The summed E-state index contributed by atoms with van der Waals surface area (Å²) < 4.78 is 6.08. The molecule has 2 aromatic carbocycles. The summed E-state index contributed by atoms with van der Waals surface area (Å²) in [5.41, 5.74) is 0.580. The van der Waals surface area contributed by atoms with Crippen LogP contribution in [0, 0.1) is 21.4 Å². The molecule has 3 rings (SSSR count). The maximum absolute atomic E-state index is 11.7. The molecule has 1 fully saturated rings. The Balaban J connectivity index is 1.87. The van der Waals surface area contributed by atoms with Gasteiger partial charge in [-0.2, -0.15) is 5.26 Å². The van der Waals surface area contributed by atoms with Crippen molar-refractivity contribution in [2.45, 2.75) is 0 Å². The molecule has 1 aliphatic rings. The largest absolute Gasteiger partial charge is 0.456 e. The highest BCUT2D eigenvalue weighted by atomic mass is 32.2. The van der Waals surface area contributed by atoms with Crippen molar-refractivity contribution in [3.05, 3.63) is 68.6 Å². The van der Waals surface area contributed by atoms with Crippen molar-refractivity contribution in [1.82, 2.24) is 5.32 Å². The van der Waals surface area contributed by atoms with Gasteiger partial charge in [0.15, 0.2) is 0 Å². The predicted octanol–water partition coefficient (Wildman–Crippen LogP) is 3.75. The number of non-ortho nitro benzene ring substituents is 1. The van der Waals surface area contributed by atoms with Crippen LogP contribution in [0.1, 0.15) is 11.1 Å². The molecule has 2 aromatic rings. The number of hydrogen-bond acceptors (Lipinski definition) is 7. The SMILES string of the molecule is N#Cc1cc([N+](=O)[O-])ccc1Oc1cccc(/C=C2\SC(=S)NC2=O)c1. The average molecular weight is 383 g/mol. The molecule has 0 atom stereocenters. The van der Waals surface area contributed by atoms with Gasteiger partial charge in [0.2, 0.25) is 0 Å². The van der Waals surface area contributed by atoms with Crippen LogP contribution < -0.4 is 10.1 Å². The van der Waals surface area contributed by atoms with Crippen LogP contribution in [0.2, 0.25) is 0 Å². The van der Waals surface area contributed by atoms with Crippen LogP contribution in [0.25, 0.3) is 6.08 Å². The zero-order chi connectivity index (χ0) is 18.7. The van der Waals surface area contributed by atoms with Gasteiger partial charge in [-0.25, -0.2) is 0 Å². The summed E-state index contributed by atoms with van der Waals surface area (Å²) in [4.78, 5) is 22.4. The van der Waals surface area contributed by atoms with E-state index < -0.39 is 4.92 Å². The Morgan fingerprint density at radius 1 is 1.31 bits per heavy atom. The number of nitriles is 1. The summed E-state index contributed by atoms with van der Waals surface area (Å²) in [6, 6.07) is 12.6. The van der Waals surface area contributed by atoms with Gasteiger partial charge < -0.3 is 10.1 Å². The lowest BCUT2D eigenvalue weighted by molar-refractivity contribution is -0.384. The third-order valence-electron chi connectivity index (χ3n) is 3.32. The van der Waals surface area contributed by atoms with E-state index in [4.69, 9.17) is 17.0 Å². The second kappa shape index (κ2) is 7.35. The highest BCUT2D eigenvalue weighted by Crippen LogP contribution is 2.30. The number of ether oxygens (including phenoxy) is 1. The van der Waals surface area contributed by atoms with Crippen molar-refractivity contribution in [2.24, 2.45) is 0 Å². The molecular formula is C17H9N3O4S2. The molecule has 0 radical (unpaired) electrons. The molecule has 9 heteroatoms. The molecule has 1 amide bonds. The Hall–Kier alpha value is -3.22. The van der Waals surface area contributed by atoms with Crippen LogP contribution >= 0.6 is 24.0 Å². The van der Waals surface area contributed by atoms with Crippen LogP contribution in [0.5, 0.6) is 11.5 Å². The van der Waals surface area contributed by atoms with Gasteiger partial charge in [0.05, 0.1) is 9.83 Å². The summed E-state index contributed by atoms with van der Waals surface area (Å²) >= 11 is 6.12. The number of thioether (sulfide) groups is 1. The molecule has 1 N–H and O–H groups in total. The van der Waals surface area contributed by atoms with Crippen LogP contribution in [0.4, 0.5) is 5.69 Å². The van der Waals surface area contributed by atoms with Gasteiger partial charge in [0.25, 0.3) is 11.6 Å². The molecule has 0 spiro atoms. The Labute approximate surface area is 157 Å². The summed E-state index contributed by atoms with van der Waals surface area (Å²) in [6.45, 7) is 0. The molecule has 26 heavy (non-hydrogen) atoms. The van der Waals surface area contributed by atoms with Crippen LogP contribution in [-0.4, -0.2) is 15.2 Å². The zero-order valence-electron chi connectivity index (χ0n) is 13.0. The van der Waals surface area contributed by atoms with Crippen molar-refractivity contribution in [3.8, 4) is 17.6 Å². The van der Waals surface area contributed by atoms with Gasteiger partial charge in [-0.05, 0) is 29.8 Å². The zero-order valence-corrected chi connectivity index (χ0v) is 14.6. The van der Waals surface area contributed by atoms with Gasteiger partial charge in [0.1, 0.15) is 27.5 Å². The Morgan fingerprint density at radius 2 is 2.12 bits per heavy atom. The lowest BCUT2D eigenvalue weighted by atomic mass is 10.2. The molecular weight excluding hydrogens is 374 g/mol. The number of thiocarbonyl (C=S) groups is 1. The summed E-state index contributed by atoms with van der Waals surface area (Å²) in [5.74, 6) is 0.376. The molecule has 0 bridgehead atoms. The molecule has 1 saturated heterocycles.